The summed E-state index contributed by atoms with van der Waals surface area (Å²) in [6, 6.07) is 9.04. The highest BCUT2D eigenvalue weighted by molar-refractivity contribution is 6.05. The molecule has 0 aliphatic carbocycles. The highest BCUT2D eigenvalue weighted by Crippen LogP contribution is 2.38. The predicted molar refractivity (Wildman–Crippen MR) is 90.0 cm³/mol. The van der Waals surface area contributed by atoms with Gasteiger partial charge in [-0.1, -0.05) is 12.1 Å². The lowest BCUT2D eigenvalue weighted by Crippen LogP contribution is -2.13. The molecule has 0 bridgehead atoms. The van der Waals surface area contributed by atoms with Crippen molar-refractivity contribution in [3.63, 3.8) is 0 Å². The summed E-state index contributed by atoms with van der Waals surface area (Å²) >= 11 is 0. The molecule has 1 amide bonds. The molecular formula is C18H21NO4. The van der Waals surface area contributed by atoms with Gasteiger partial charge < -0.3 is 19.5 Å². The maximum Gasteiger partial charge on any atom is 0.255 e. The van der Waals surface area contributed by atoms with Crippen LogP contribution in [0.2, 0.25) is 0 Å². The van der Waals surface area contributed by atoms with Crippen LogP contribution in [0.25, 0.3) is 0 Å². The zero-order valence-electron chi connectivity index (χ0n) is 14.0. The van der Waals surface area contributed by atoms with Crippen molar-refractivity contribution in [3.8, 4) is 17.2 Å². The molecule has 0 aliphatic heterocycles. The minimum absolute atomic E-state index is 0.238. The maximum absolute atomic E-state index is 12.6. The van der Waals surface area contributed by atoms with Crippen LogP contribution in [-0.4, -0.2) is 27.2 Å². The largest absolute Gasteiger partial charge is 0.493 e. The standard InChI is InChI=1S/C18H21NO4/c1-11-7-6-8-14(12(11)2)19-18(20)13-9-15(21-3)17(23-5)16(10-13)22-4/h6-10H,1-5H3,(H,19,20). The van der Waals surface area contributed by atoms with E-state index in [2.05, 4.69) is 5.32 Å². The molecule has 0 saturated heterocycles. The van der Waals surface area contributed by atoms with Gasteiger partial charge in [0.2, 0.25) is 5.75 Å². The third-order valence-electron chi connectivity index (χ3n) is 3.78. The summed E-state index contributed by atoms with van der Waals surface area (Å²) in [7, 11) is 4.56. The number of anilines is 1. The van der Waals surface area contributed by atoms with Gasteiger partial charge in [-0.2, -0.15) is 0 Å². The molecule has 1 N–H and O–H groups in total. The fraction of sp³-hybridized carbons (Fsp3) is 0.278. The van der Waals surface area contributed by atoms with Crippen molar-refractivity contribution in [2.45, 2.75) is 13.8 Å². The van der Waals surface area contributed by atoms with Gasteiger partial charge in [-0.25, -0.2) is 0 Å². The number of hydrogen-bond acceptors (Lipinski definition) is 4. The normalized spacial score (nSPS) is 10.1. The van der Waals surface area contributed by atoms with E-state index in [0.29, 0.717) is 22.8 Å². The van der Waals surface area contributed by atoms with Gasteiger partial charge in [-0.05, 0) is 43.2 Å². The average molecular weight is 315 g/mol. The highest BCUT2D eigenvalue weighted by Gasteiger charge is 2.17. The Kier molecular flexibility index (Phi) is 5.11. The Hall–Kier alpha value is -2.69. The number of nitrogens with one attached hydrogen (secondary N) is 1. The summed E-state index contributed by atoms with van der Waals surface area (Å²) in [4.78, 5) is 12.6. The molecule has 0 radical (unpaired) electrons. The molecule has 0 unspecified atom stereocenters. The van der Waals surface area contributed by atoms with Crippen LogP contribution in [0.1, 0.15) is 21.5 Å². The quantitative estimate of drug-likeness (QED) is 0.916. The second-order valence-corrected chi connectivity index (χ2v) is 5.12. The number of amides is 1. The van der Waals surface area contributed by atoms with E-state index < -0.39 is 0 Å². The van der Waals surface area contributed by atoms with Crippen molar-refractivity contribution < 1.29 is 19.0 Å². The SMILES string of the molecule is COc1cc(C(=O)Nc2cccc(C)c2C)cc(OC)c1OC. The topological polar surface area (TPSA) is 56.8 Å². The van der Waals surface area contributed by atoms with Crippen LogP contribution in [0.5, 0.6) is 17.2 Å². The van der Waals surface area contributed by atoms with Crippen molar-refractivity contribution >= 4 is 11.6 Å². The zero-order chi connectivity index (χ0) is 17.0. The second kappa shape index (κ2) is 7.05. The first kappa shape index (κ1) is 16.7. The molecule has 2 aromatic rings. The number of carbonyl (C=O) groups excluding carboxylic acids is 1. The van der Waals surface area contributed by atoms with Crippen LogP contribution >= 0.6 is 0 Å². The number of rotatable bonds is 5. The van der Waals surface area contributed by atoms with E-state index in [1.54, 1.807) is 12.1 Å². The van der Waals surface area contributed by atoms with E-state index in [9.17, 15) is 4.79 Å². The zero-order valence-corrected chi connectivity index (χ0v) is 14.0. The van der Waals surface area contributed by atoms with E-state index in [1.807, 2.05) is 32.0 Å². The van der Waals surface area contributed by atoms with Gasteiger partial charge in [-0.3, -0.25) is 4.79 Å². The van der Waals surface area contributed by atoms with Crippen molar-refractivity contribution in [1.82, 2.24) is 0 Å². The predicted octanol–water partition coefficient (Wildman–Crippen LogP) is 3.58. The van der Waals surface area contributed by atoms with Crippen LogP contribution in [0.15, 0.2) is 30.3 Å². The fourth-order valence-corrected chi connectivity index (χ4v) is 2.29. The maximum atomic E-state index is 12.6. The second-order valence-electron chi connectivity index (χ2n) is 5.12. The number of aryl methyl sites for hydroxylation is 1. The molecule has 23 heavy (non-hydrogen) atoms. The summed E-state index contributed by atoms with van der Waals surface area (Å²) in [5.41, 5.74) is 3.37. The van der Waals surface area contributed by atoms with E-state index in [1.165, 1.54) is 21.3 Å². The van der Waals surface area contributed by atoms with E-state index in [-0.39, 0.29) is 5.91 Å². The van der Waals surface area contributed by atoms with Crippen LogP contribution in [-0.2, 0) is 0 Å². The minimum Gasteiger partial charge on any atom is -0.493 e. The van der Waals surface area contributed by atoms with Gasteiger partial charge in [0, 0.05) is 11.3 Å². The molecule has 2 rings (SSSR count). The fourth-order valence-electron chi connectivity index (χ4n) is 2.29. The highest BCUT2D eigenvalue weighted by atomic mass is 16.5. The van der Waals surface area contributed by atoms with Gasteiger partial charge in [0.05, 0.1) is 21.3 Å². The molecule has 2 aromatic carbocycles. The van der Waals surface area contributed by atoms with Crippen molar-refractivity contribution in [3.05, 3.63) is 47.0 Å². The monoisotopic (exact) mass is 315 g/mol. The lowest BCUT2D eigenvalue weighted by molar-refractivity contribution is 0.102. The van der Waals surface area contributed by atoms with E-state index >= 15 is 0 Å². The summed E-state index contributed by atoms with van der Waals surface area (Å²) in [6.07, 6.45) is 0. The number of hydrogen-bond donors (Lipinski definition) is 1. The van der Waals surface area contributed by atoms with Crippen molar-refractivity contribution in [2.24, 2.45) is 0 Å². The Labute approximate surface area is 136 Å². The van der Waals surface area contributed by atoms with Crippen molar-refractivity contribution in [2.75, 3.05) is 26.6 Å². The first-order valence-electron chi connectivity index (χ1n) is 7.19. The molecule has 0 aliphatic rings. The van der Waals surface area contributed by atoms with E-state index in [4.69, 9.17) is 14.2 Å². The first-order valence-corrected chi connectivity index (χ1v) is 7.19. The molecule has 0 atom stereocenters. The van der Waals surface area contributed by atoms with Crippen molar-refractivity contribution in [1.29, 1.82) is 0 Å². The third-order valence-corrected chi connectivity index (χ3v) is 3.78. The number of methoxy groups -OCH3 is 3. The Morgan fingerprint density at radius 2 is 1.57 bits per heavy atom. The molecule has 0 fully saturated rings. The Balaban J connectivity index is 2.37. The van der Waals surface area contributed by atoms with Gasteiger partial charge in [-0.15, -0.1) is 0 Å². The van der Waals surface area contributed by atoms with Crippen LogP contribution in [0, 0.1) is 13.8 Å². The Morgan fingerprint density at radius 3 is 2.09 bits per heavy atom. The first-order chi connectivity index (χ1) is 11.0. The smallest absolute Gasteiger partial charge is 0.255 e. The Bertz CT molecular complexity index is 700. The molecule has 0 saturated carbocycles. The van der Waals surface area contributed by atoms with Gasteiger partial charge in [0.1, 0.15) is 0 Å². The molecule has 0 heterocycles. The van der Waals surface area contributed by atoms with Gasteiger partial charge in [0.15, 0.2) is 11.5 Å². The lowest BCUT2D eigenvalue weighted by atomic mass is 10.1. The molecular weight excluding hydrogens is 294 g/mol. The molecule has 5 heteroatoms. The molecule has 0 aromatic heterocycles. The molecule has 0 spiro atoms. The number of carbonyl (C=O) groups is 1. The summed E-state index contributed by atoms with van der Waals surface area (Å²) in [5.74, 6) is 1.10. The Morgan fingerprint density at radius 1 is 0.957 bits per heavy atom. The number of ether oxygens (including phenoxy) is 3. The van der Waals surface area contributed by atoms with Crippen LogP contribution in [0.3, 0.4) is 0 Å². The molecule has 122 valence electrons. The van der Waals surface area contributed by atoms with Crippen LogP contribution < -0.4 is 19.5 Å². The molecule has 5 nitrogen and oxygen atoms in total. The third kappa shape index (κ3) is 3.39. The van der Waals surface area contributed by atoms with Crippen LogP contribution in [0.4, 0.5) is 5.69 Å². The lowest BCUT2D eigenvalue weighted by Gasteiger charge is -2.15. The summed E-state index contributed by atoms with van der Waals surface area (Å²) in [6.45, 7) is 3.98. The van der Waals surface area contributed by atoms with Gasteiger partial charge >= 0.3 is 0 Å². The number of benzene rings is 2. The average Bonchev–Trinajstić information content (AvgIpc) is 2.57. The summed E-state index contributed by atoms with van der Waals surface area (Å²) < 4.78 is 15.8. The minimum atomic E-state index is -0.238. The van der Waals surface area contributed by atoms with Gasteiger partial charge in [0.25, 0.3) is 5.91 Å². The summed E-state index contributed by atoms with van der Waals surface area (Å²) in [5, 5.41) is 2.92. The van der Waals surface area contributed by atoms with E-state index in [0.717, 1.165) is 16.8 Å².